The van der Waals surface area contributed by atoms with E-state index in [-0.39, 0.29) is 17.3 Å². The molecule has 2 rings (SSSR count). The third-order valence-corrected chi connectivity index (χ3v) is 6.12. The monoisotopic (exact) mass is 536 g/mol. The number of rotatable bonds is 11. The number of aromatic nitrogens is 1. The van der Waals surface area contributed by atoms with Crippen LogP contribution < -0.4 is 5.32 Å². The summed E-state index contributed by atoms with van der Waals surface area (Å²) in [5.41, 5.74) is 1.84. The number of anilines is 2. The van der Waals surface area contributed by atoms with Crippen LogP contribution in [0.4, 0.5) is 30.9 Å². The fourth-order valence-corrected chi connectivity index (χ4v) is 3.89. The van der Waals surface area contributed by atoms with E-state index in [4.69, 9.17) is 0 Å². The summed E-state index contributed by atoms with van der Waals surface area (Å²) in [7, 11) is -9.75. The van der Waals surface area contributed by atoms with Gasteiger partial charge in [0, 0.05) is 23.9 Å². The van der Waals surface area contributed by atoms with Crippen LogP contribution in [0.2, 0.25) is 0 Å². The molecular weight excluding hydrogens is 503 g/mol. The Bertz CT molecular complexity index is 1070. The molecule has 1 atom stereocenters. The number of nitrogens with one attached hydrogen (secondary N) is 1. The van der Waals surface area contributed by atoms with Gasteiger partial charge < -0.3 is 15.5 Å². The molecule has 1 heterocycles. The summed E-state index contributed by atoms with van der Waals surface area (Å²) >= 11 is 0. The van der Waals surface area contributed by atoms with E-state index in [1.807, 2.05) is 26.8 Å². The second kappa shape index (κ2) is 12.0. The molecule has 0 amide bonds. The van der Waals surface area contributed by atoms with Crippen LogP contribution in [0.5, 0.6) is 0 Å². The molecule has 0 saturated carbocycles. The highest BCUT2D eigenvalue weighted by atomic mass is 32.5. The average molecular weight is 537 g/mol. The van der Waals surface area contributed by atoms with Crippen LogP contribution in [0.3, 0.4) is 0 Å². The largest absolute Gasteiger partial charge is 0.393 e. The highest BCUT2D eigenvalue weighted by molar-refractivity contribution is 8.45. The summed E-state index contributed by atoms with van der Waals surface area (Å²) in [6.07, 6.45) is 6.29. The van der Waals surface area contributed by atoms with E-state index in [1.165, 1.54) is 18.3 Å². The summed E-state index contributed by atoms with van der Waals surface area (Å²) in [4.78, 5) is 12.5. The number of halogens is 5. The third-order valence-electron chi connectivity index (χ3n) is 4.95. The van der Waals surface area contributed by atoms with Crippen LogP contribution >= 0.6 is 10.2 Å². The van der Waals surface area contributed by atoms with Crippen molar-refractivity contribution in [1.29, 1.82) is 0 Å². The summed E-state index contributed by atoms with van der Waals surface area (Å²) in [6.45, 7) is 8.58. The molecule has 0 spiro atoms. The zero-order valence-corrected chi connectivity index (χ0v) is 21.3. The van der Waals surface area contributed by atoms with Crippen molar-refractivity contribution >= 4 is 33.1 Å². The lowest BCUT2D eigenvalue weighted by Crippen LogP contribution is -2.10. The molecule has 0 saturated heterocycles. The van der Waals surface area contributed by atoms with Gasteiger partial charge in [0.05, 0.1) is 6.61 Å². The number of nitrogens with zero attached hydrogens (tertiary/aromatic N) is 1. The first-order valence-corrected chi connectivity index (χ1v) is 13.3. The van der Waals surface area contributed by atoms with E-state index in [0.717, 1.165) is 24.1 Å². The van der Waals surface area contributed by atoms with Gasteiger partial charge in [-0.15, -0.1) is 0 Å². The number of pyridine rings is 1. The molecule has 1 aromatic carbocycles. The molecule has 0 aliphatic rings. The Morgan fingerprint density at radius 1 is 1.11 bits per heavy atom. The first kappa shape index (κ1) is 31.3. The Labute approximate surface area is 208 Å². The average Bonchev–Trinajstić information content (AvgIpc) is 2.81. The first-order valence-electron chi connectivity index (χ1n) is 11.3. The Morgan fingerprint density at radius 2 is 1.72 bits per heavy atom. The van der Waals surface area contributed by atoms with Gasteiger partial charge in [0.1, 0.15) is 16.8 Å². The van der Waals surface area contributed by atoms with Crippen molar-refractivity contribution in [3.05, 3.63) is 66.4 Å². The normalized spacial score (nSPS) is 14.6. The van der Waals surface area contributed by atoms with Gasteiger partial charge in [-0.25, -0.2) is 4.98 Å². The Balaban J connectivity index is 0.000000809. The topological polar surface area (TPSA) is 82.5 Å². The fraction of sp³-hybridized carbons (Fsp3) is 0.360. The Morgan fingerprint density at radius 3 is 2.14 bits per heavy atom. The summed E-state index contributed by atoms with van der Waals surface area (Å²) in [5, 5.41) is 22.3. The van der Waals surface area contributed by atoms with Crippen LogP contribution in [0.1, 0.15) is 63.7 Å². The maximum atomic E-state index is 12.9. The van der Waals surface area contributed by atoms with Crippen molar-refractivity contribution in [1.82, 2.24) is 4.98 Å². The van der Waals surface area contributed by atoms with Crippen molar-refractivity contribution in [2.24, 2.45) is 0 Å². The lowest BCUT2D eigenvalue weighted by Gasteiger charge is -2.40. The molecule has 1 unspecified atom stereocenters. The Kier molecular flexibility index (Phi) is 10.4. The number of carbonyl (C=O) groups excluding carboxylic acids is 1. The van der Waals surface area contributed by atoms with Gasteiger partial charge >= 0.3 is 10.2 Å². The minimum atomic E-state index is -9.75. The minimum absolute atomic E-state index is 0.118. The van der Waals surface area contributed by atoms with Crippen LogP contribution in [0.15, 0.2) is 60.2 Å². The first-order chi connectivity index (χ1) is 16.6. The van der Waals surface area contributed by atoms with E-state index in [1.54, 1.807) is 0 Å². The highest BCUT2D eigenvalue weighted by Gasteiger charge is 2.65. The predicted molar refractivity (Wildman–Crippen MR) is 136 cm³/mol. The maximum absolute atomic E-state index is 12.9. The van der Waals surface area contributed by atoms with Gasteiger partial charge in [0.15, 0.2) is 5.78 Å². The maximum Gasteiger partial charge on any atom is 0.310 e. The van der Waals surface area contributed by atoms with Gasteiger partial charge in [-0.05, 0) is 66.8 Å². The fourth-order valence-electron chi connectivity index (χ4n) is 3.24. The number of ketones is 1. The molecule has 11 heteroatoms. The van der Waals surface area contributed by atoms with E-state index < -0.39 is 27.8 Å². The lowest BCUT2D eigenvalue weighted by atomic mass is 9.94. The molecule has 0 aliphatic carbocycles. The summed E-state index contributed by atoms with van der Waals surface area (Å²) < 4.78 is 64.5. The van der Waals surface area contributed by atoms with Crippen molar-refractivity contribution in [3.8, 4) is 0 Å². The van der Waals surface area contributed by atoms with Gasteiger partial charge in [-0.1, -0.05) is 52.9 Å². The van der Waals surface area contributed by atoms with Crippen LogP contribution in [0.25, 0.3) is 5.57 Å². The molecule has 202 valence electrons. The molecular formula is C25H33F5N2O3S. The Hall–Kier alpha value is -2.76. The zero-order valence-electron chi connectivity index (χ0n) is 20.5. The number of carbonyl (C=O) groups is 1. The van der Waals surface area contributed by atoms with E-state index in [2.05, 4.69) is 16.9 Å². The van der Waals surface area contributed by atoms with Gasteiger partial charge in [0.25, 0.3) is 0 Å². The quantitative estimate of drug-likeness (QED) is 0.199. The van der Waals surface area contributed by atoms with Crippen molar-refractivity contribution < 1.29 is 34.4 Å². The predicted octanol–water partition coefficient (Wildman–Crippen LogP) is 8.25. The summed E-state index contributed by atoms with van der Waals surface area (Å²) in [5.74, 6) is 0.374. The molecule has 3 N–H and O–H groups in total. The molecule has 36 heavy (non-hydrogen) atoms. The SMILES string of the molecule is C=CC(=O)CCC.CC/C=C(\CC)c1c(C(O)CO)ccnc1Nc1ccc(S(F)(F)(F)(F)F)cc1. The zero-order chi connectivity index (χ0) is 27.6. The summed E-state index contributed by atoms with van der Waals surface area (Å²) in [6, 6.07) is 3.96. The third kappa shape index (κ3) is 9.36. The lowest BCUT2D eigenvalue weighted by molar-refractivity contribution is -0.114. The minimum Gasteiger partial charge on any atom is -0.393 e. The number of allylic oxidation sites excluding steroid dienone is 3. The van der Waals surface area contributed by atoms with E-state index in [0.29, 0.717) is 42.5 Å². The highest BCUT2D eigenvalue weighted by Crippen LogP contribution is 3.02. The van der Waals surface area contributed by atoms with Crippen molar-refractivity contribution in [2.45, 2.75) is 57.5 Å². The van der Waals surface area contributed by atoms with Gasteiger partial charge in [-0.2, -0.15) is 0 Å². The van der Waals surface area contributed by atoms with E-state index >= 15 is 0 Å². The molecule has 0 bridgehead atoms. The van der Waals surface area contributed by atoms with Gasteiger partial charge in [0.2, 0.25) is 0 Å². The molecule has 1 aromatic heterocycles. The van der Waals surface area contributed by atoms with E-state index in [9.17, 15) is 34.4 Å². The molecule has 5 nitrogen and oxygen atoms in total. The second-order valence-electron chi connectivity index (χ2n) is 7.85. The number of aliphatic hydroxyl groups is 2. The molecule has 0 fully saturated rings. The van der Waals surface area contributed by atoms with Crippen LogP contribution in [0, 0.1) is 0 Å². The van der Waals surface area contributed by atoms with Crippen LogP contribution in [-0.2, 0) is 4.79 Å². The number of aliphatic hydroxyl groups excluding tert-OH is 2. The van der Waals surface area contributed by atoms with Crippen LogP contribution in [-0.4, -0.2) is 27.6 Å². The number of hydrogen-bond acceptors (Lipinski definition) is 5. The van der Waals surface area contributed by atoms with Crippen molar-refractivity contribution in [3.63, 3.8) is 0 Å². The molecule has 0 radical (unpaired) electrons. The molecule has 0 aliphatic heterocycles. The molecule has 2 aromatic rings. The number of hydrogen-bond donors (Lipinski definition) is 3. The smallest absolute Gasteiger partial charge is 0.310 e. The standard InChI is InChI=1S/C19H23F5N2O2S.C6H10O/c1-3-5-13(4-2)18-16(17(28)12-27)10-11-25-19(18)26-14-6-8-15(9-7-14)29(20,21,22,23)24;1-3-5-6(7)4-2/h5-11,17,27-28H,3-4,12H2,1-2H3,(H,25,26);4H,2-3,5H2,1H3/b13-5+;. The second-order valence-corrected chi connectivity index (χ2v) is 10.3. The van der Waals surface area contributed by atoms with Gasteiger partial charge in [-0.3, -0.25) is 4.79 Å². The number of benzene rings is 1. The van der Waals surface area contributed by atoms with Crippen molar-refractivity contribution in [2.75, 3.05) is 11.9 Å².